The molecule has 1 heterocycles. The molecule has 7 heteroatoms. The second-order valence-corrected chi connectivity index (χ2v) is 3.26. The first-order valence-electron chi connectivity index (χ1n) is 4.51. The Bertz CT molecular complexity index is 397. The molecule has 4 N–H and O–H groups in total. The third-order valence-corrected chi connectivity index (χ3v) is 1.82. The number of hydrogen-bond acceptors (Lipinski definition) is 4. The maximum atomic E-state index is 11.3. The highest BCUT2D eigenvalue weighted by Gasteiger charge is 2.05. The van der Waals surface area contributed by atoms with Gasteiger partial charge in [0.05, 0.1) is 13.1 Å². The van der Waals surface area contributed by atoms with Crippen LogP contribution >= 0.6 is 11.6 Å². The van der Waals surface area contributed by atoms with Gasteiger partial charge in [0.2, 0.25) is 11.8 Å². The summed E-state index contributed by atoms with van der Waals surface area (Å²) in [6.45, 7) is -0.299. The van der Waals surface area contributed by atoms with Crippen molar-refractivity contribution in [3.8, 4) is 0 Å². The molecule has 2 amide bonds. The fraction of sp³-hybridized carbons (Fsp3) is 0.222. The molecule has 6 nitrogen and oxygen atoms in total. The first kappa shape index (κ1) is 12.4. The number of carbonyl (C=O) groups is 2. The summed E-state index contributed by atoms with van der Waals surface area (Å²) in [6.07, 6.45) is 0. The molecule has 1 aromatic rings. The van der Waals surface area contributed by atoms with Gasteiger partial charge in [-0.3, -0.25) is 9.59 Å². The Morgan fingerprint density at radius 3 is 2.75 bits per heavy atom. The fourth-order valence-corrected chi connectivity index (χ4v) is 1.08. The molecule has 0 unspecified atom stereocenters. The predicted octanol–water partition coefficient (Wildman–Crippen LogP) is -0.252. The van der Waals surface area contributed by atoms with Gasteiger partial charge in [-0.25, -0.2) is 4.98 Å². The molecule has 0 radical (unpaired) electrons. The normalized spacial score (nSPS) is 9.62. The van der Waals surface area contributed by atoms with E-state index < -0.39 is 11.8 Å². The summed E-state index contributed by atoms with van der Waals surface area (Å²) in [5, 5.41) is 5.08. The molecule has 86 valence electrons. The van der Waals surface area contributed by atoms with E-state index in [1.165, 1.54) is 0 Å². The Kier molecular flexibility index (Phi) is 4.68. The number of rotatable bonds is 4. The number of nitrogens with zero attached hydrogens (tertiary/aromatic N) is 1. The Hall–Kier alpha value is -1.66. The molecule has 1 aromatic heterocycles. The van der Waals surface area contributed by atoms with Gasteiger partial charge in [0.25, 0.3) is 0 Å². The van der Waals surface area contributed by atoms with Crippen molar-refractivity contribution >= 4 is 29.2 Å². The molecule has 0 aliphatic carbocycles. The lowest BCUT2D eigenvalue weighted by atomic mass is 10.4. The van der Waals surface area contributed by atoms with Gasteiger partial charge in [-0.15, -0.1) is 0 Å². The molecular formula is C9H11ClN4O2. The van der Waals surface area contributed by atoms with E-state index in [0.717, 1.165) is 0 Å². The van der Waals surface area contributed by atoms with Crippen molar-refractivity contribution in [2.24, 2.45) is 5.73 Å². The van der Waals surface area contributed by atoms with Crippen LogP contribution in [0.4, 0.5) is 5.82 Å². The lowest BCUT2D eigenvalue weighted by Crippen LogP contribution is -2.36. The number of carbonyl (C=O) groups excluding carboxylic acids is 2. The lowest BCUT2D eigenvalue weighted by Gasteiger charge is -2.05. The molecule has 0 fully saturated rings. The third-order valence-electron chi connectivity index (χ3n) is 1.61. The first-order chi connectivity index (χ1) is 7.61. The zero-order chi connectivity index (χ0) is 12.0. The van der Waals surface area contributed by atoms with Crippen molar-refractivity contribution in [1.29, 1.82) is 0 Å². The number of aromatic nitrogens is 1. The van der Waals surface area contributed by atoms with E-state index in [1.54, 1.807) is 18.2 Å². The zero-order valence-electron chi connectivity index (χ0n) is 8.37. The van der Waals surface area contributed by atoms with Crippen LogP contribution in [0, 0.1) is 0 Å². The standard InChI is InChI=1S/C9H11ClN4O2/c10-6-2-1-3-7(13-6)14-9(16)5-12-8(15)4-11/h1-3H,4-5,11H2,(H,12,15)(H,13,14,16). The second-order valence-electron chi connectivity index (χ2n) is 2.87. The van der Waals surface area contributed by atoms with Crippen molar-refractivity contribution < 1.29 is 9.59 Å². The van der Waals surface area contributed by atoms with Gasteiger partial charge in [0, 0.05) is 0 Å². The molecule has 0 aliphatic heterocycles. The fourth-order valence-electron chi connectivity index (χ4n) is 0.916. The monoisotopic (exact) mass is 242 g/mol. The number of nitrogens with two attached hydrogens (primary N) is 1. The molecule has 0 spiro atoms. The van der Waals surface area contributed by atoms with E-state index in [2.05, 4.69) is 15.6 Å². The van der Waals surface area contributed by atoms with Crippen LogP contribution in [-0.2, 0) is 9.59 Å². The summed E-state index contributed by atoms with van der Waals surface area (Å²) in [7, 11) is 0. The van der Waals surface area contributed by atoms with E-state index in [4.69, 9.17) is 17.3 Å². The van der Waals surface area contributed by atoms with Gasteiger partial charge in [-0.05, 0) is 12.1 Å². The molecule has 16 heavy (non-hydrogen) atoms. The Morgan fingerprint density at radius 1 is 1.38 bits per heavy atom. The Balaban J connectivity index is 2.43. The Morgan fingerprint density at radius 2 is 2.12 bits per heavy atom. The zero-order valence-corrected chi connectivity index (χ0v) is 9.12. The van der Waals surface area contributed by atoms with E-state index in [9.17, 15) is 9.59 Å². The number of hydrogen-bond donors (Lipinski definition) is 3. The van der Waals surface area contributed by atoms with E-state index in [1.807, 2.05) is 0 Å². The molecule has 0 atom stereocenters. The average molecular weight is 243 g/mol. The van der Waals surface area contributed by atoms with Crippen molar-refractivity contribution in [3.63, 3.8) is 0 Å². The van der Waals surface area contributed by atoms with Gasteiger partial charge in [-0.1, -0.05) is 17.7 Å². The minimum absolute atomic E-state index is 0.149. The smallest absolute Gasteiger partial charge is 0.244 e. The highest BCUT2D eigenvalue weighted by atomic mass is 35.5. The van der Waals surface area contributed by atoms with Crippen LogP contribution < -0.4 is 16.4 Å². The van der Waals surface area contributed by atoms with Crippen LogP contribution in [0.1, 0.15) is 0 Å². The summed E-state index contributed by atoms with van der Waals surface area (Å²) in [4.78, 5) is 25.9. The molecule has 1 rings (SSSR count). The van der Waals surface area contributed by atoms with Gasteiger partial charge in [0.1, 0.15) is 11.0 Å². The van der Waals surface area contributed by atoms with E-state index >= 15 is 0 Å². The van der Waals surface area contributed by atoms with Crippen LogP contribution in [0.2, 0.25) is 5.15 Å². The summed E-state index contributed by atoms with van der Waals surface area (Å²) in [5.41, 5.74) is 5.06. The van der Waals surface area contributed by atoms with Crippen LogP contribution in [0.15, 0.2) is 18.2 Å². The third kappa shape index (κ3) is 4.24. The molecule has 0 aromatic carbocycles. The highest BCUT2D eigenvalue weighted by molar-refractivity contribution is 6.29. The Labute approximate surface area is 97.2 Å². The number of nitrogens with one attached hydrogen (secondary N) is 2. The van der Waals surface area contributed by atoms with E-state index in [-0.39, 0.29) is 18.2 Å². The maximum Gasteiger partial charge on any atom is 0.244 e. The average Bonchev–Trinajstić information content (AvgIpc) is 2.26. The SMILES string of the molecule is NCC(=O)NCC(=O)Nc1cccc(Cl)n1. The summed E-state index contributed by atoms with van der Waals surface area (Å²) < 4.78 is 0. The molecule has 0 saturated heterocycles. The van der Waals surface area contributed by atoms with Crippen molar-refractivity contribution in [2.75, 3.05) is 18.4 Å². The molecule has 0 saturated carbocycles. The highest BCUT2D eigenvalue weighted by Crippen LogP contribution is 2.08. The number of anilines is 1. The number of amides is 2. The minimum atomic E-state index is -0.394. The van der Waals surface area contributed by atoms with Gasteiger partial charge in [0.15, 0.2) is 0 Å². The summed E-state index contributed by atoms with van der Waals surface area (Å²) >= 11 is 5.63. The molecule has 0 aliphatic rings. The van der Waals surface area contributed by atoms with Crippen LogP contribution in [0.25, 0.3) is 0 Å². The minimum Gasteiger partial charge on any atom is -0.346 e. The summed E-state index contributed by atoms with van der Waals surface area (Å²) in [6, 6.07) is 4.84. The van der Waals surface area contributed by atoms with Crippen LogP contribution in [0.3, 0.4) is 0 Å². The van der Waals surface area contributed by atoms with Crippen LogP contribution in [0.5, 0.6) is 0 Å². The molecule has 0 bridgehead atoms. The summed E-state index contributed by atoms with van der Waals surface area (Å²) in [5.74, 6) is -0.453. The van der Waals surface area contributed by atoms with Crippen LogP contribution in [-0.4, -0.2) is 29.9 Å². The first-order valence-corrected chi connectivity index (χ1v) is 4.89. The van der Waals surface area contributed by atoms with Gasteiger partial charge in [-0.2, -0.15) is 0 Å². The lowest BCUT2D eigenvalue weighted by molar-refractivity contribution is -0.123. The topological polar surface area (TPSA) is 97.1 Å². The number of halogens is 1. The van der Waals surface area contributed by atoms with Gasteiger partial charge < -0.3 is 16.4 Å². The quantitative estimate of drug-likeness (QED) is 0.634. The second kappa shape index (κ2) is 6.04. The van der Waals surface area contributed by atoms with Gasteiger partial charge >= 0.3 is 0 Å². The predicted molar refractivity (Wildman–Crippen MR) is 59.9 cm³/mol. The van der Waals surface area contributed by atoms with E-state index in [0.29, 0.717) is 5.82 Å². The molecular weight excluding hydrogens is 232 g/mol. The van der Waals surface area contributed by atoms with Crippen molar-refractivity contribution in [1.82, 2.24) is 10.3 Å². The van der Waals surface area contributed by atoms with Crippen molar-refractivity contribution in [2.45, 2.75) is 0 Å². The maximum absolute atomic E-state index is 11.3. The number of pyridine rings is 1. The largest absolute Gasteiger partial charge is 0.346 e. The van der Waals surface area contributed by atoms with Crippen molar-refractivity contribution in [3.05, 3.63) is 23.4 Å².